The Morgan fingerprint density at radius 1 is 0.667 bits per heavy atom. The Morgan fingerprint density at radius 3 is 1.73 bits per heavy atom. The van der Waals surface area contributed by atoms with Crippen molar-refractivity contribution >= 4 is 56.8 Å². The Labute approximate surface area is 370 Å². The number of unbranched alkanes of at least 4 members (excludes halogenated alkanes) is 6. The van der Waals surface area contributed by atoms with Gasteiger partial charge in [0.25, 0.3) is 0 Å². The van der Waals surface area contributed by atoms with E-state index in [1.165, 1.54) is 40.8 Å². The van der Waals surface area contributed by atoms with Crippen LogP contribution < -0.4 is 24.0 Å². The highest BCUT2D eigenvalue weighted by Crippen LogP contribution is 2.30. The molecule has 0 aliphatic carbocycles. The van der Waals surface area contributed by atoms with Crippen molar-refractivity contribution in [1.29, 1.82) is 5.26 Å². The molecule has 0 saturated heterocycles. The second kappa shape index (κ2) is 25.5. The number of fused-ring (bicyclic) bond motifs is 1. The van der Waals surface area contributed by atoms with E-state index in [0.717, 1.165) is 73.7 Å². The van der Waals surface area contributed by atoms with Gasteiger partial charge in [0.2, 0.25) is 5.13 Å². The molecule has 0 spiro atoms. The smallest absolute Gasteiger partial charge is 0.343 e. The van der Waals surface area contributed by atoms with Gasteiger partial charge in [-0.2, -0.15) is 10.4 Å². The summed E-state index contributed by atoms with van der Waals surface area (Å²) in [5.41, 5.74) is 1.60. The highest BCUT2D eigenvalue weighted by Gasteiger charge is 2.17. The molecule has 63 heavy (non-hydrogen) atoms. The summed E-state index contributed by atoms with van der Waals surface area (Å²) < 4.78 is 34.1. The first-order chi connectivity index (χ1) is 30.8. The van der Waals surface area contributed by atoms with Crippen molar-refractivity contribution in [2.45, 2.75) is 51.4 Å². The third-order valence-corrected chi connectivity index (χ3v) is 10.1. The third kappa shape index (κ3) is 15.6. The summed E-state index contributed by atoms with van der Waals surface area (Å²) >= 11 is 1.37. The number of para-hydroxylation sites is 1. The van der Waals surface area contributed by atoms with Crippen molar-refractivity contribution in [2.75, 3.05) is 38.0 Å². The van der Waals surface area contributed by atoms with E-state index in [-0.39, 0.29) is 34.7 Å². The fourth-order valence-electron chi connectivity index (χ4n) is 5.77. The number of anilines is 1. The normalized spacial score (nSPS) is 10.7. The molecule has 0 amide bonds. The van der Waals surface area contributed by atoms with Crippen LogP contribution in [-0.2, 0) is 19.1 Å². The summed E-state index contributed by atoms with van der Waals surface area (Å²) in [4.78, 5) is 53.5. The molecular formula is C48H48N4O10S. The van der Waals surface area contributed by atoms with Crippen LogP contribution >= 0.6 is 11.3 Å². The van der Waals surface area contributed by atoms with Gasteiger partial charge < -0.3 is 28.4 Å². The molecule has 0 fully saturated rings. The molecular weight excluding hydrogens is 825 g/mol. The number of carbonyl (C=O) groups excluding carboxylic acids is 4. The van der Waals surface area contributed by atoms with Gasteiger partial charge in [0, 0.05) is 17.7 Å². The van der Waals surface area contributed by atoms with Gasteiger partial charge in [0.15, 0.2) is 0 Å². The molecule has 4 aromatic carbocycles. The van der Waals surface area contributed by atoms with Crippen LogP contribution in [0.5, 0.6) is 23.0 Å². The van der Waals surface area contributed by atoms with Gasteiger partial charge in [-0.25, -0.2) is 29.2 Å². The summed E-state index contributed by atoms with van der Waals surface area (Å²) in [5.74, 6) is -0.644. The molecule has 0 bridgehead atoms. The molecule has 5 rings (SSSR count). The molecule has 0 aliphatic heterocycles. The highest BCUT2D eigenvalue weighted by molar-refractivity contribution is 7.22. The number of benzene rings is 4. The molecule has 0 atom stereocenters. The topological polar surface area (TPSA) is 176 Å². The Hall–Kier alpha value is -7.31. The van der Waals surface area contributed by atoms with Crippen LogP contribution in [0.25, 0.3) is 10.2 Å². The highest BCUT2D eigenvalue weighted by atomic mass is 32.1. The first-order valence-corrected chi connectivity index (χ1v) is 21.2. The monoisotopic (exact) mass is 872 g/mol. The van der Waals surface area contributed by atoms with Crippen LogP contribution in [0.3, 0.4) is 0 Å². The summed E-state index contributed by atoms with van der Waals surface area (Å²) in [6, 6.07) is 27.3. The molecule has 0 unspecified atom stereocenters. The molecule has 14 nitrogen and oxygen atoms in total. The lowest BCUT2D eigenvalue weighted by atomic mass is 10.2. The Morgan fingerprint density at radius 2 is 1.19 bits per heavy atom. The molecule has 0 aliphatic rings. The number of hydrogen-bond donors (Lipinski definition) is 0. The molecule has 0 saturated carbocycles. The summed E-state index contributed by atoms with van der Waals surface area (Å²) in [6.45, 7) is 8.33. The van der Waals surface area contributed by atoms with E-state index in [4.69, 9.17) is 28.4 Å². The predicted octanol–water partition coefficient (Wildman–Crippen LogP) is 9.44. The number of nitrogens with zero attached hydrogens (tertiary/aromatic N) is 4. The molecule has 15 heteroatoms. The second-order valence-electron chi connectivity index (χ2n) is 13.7. The van der Waals surface area contributed by atoms with E-state index in [1.807, 2.05) is 24.3 Å². The lowest BCUT2D eigenvalue weighted by Gasteiger charge is -2.13. The number of nitriles is 1. The SMILES string of the molecule is C=CC(=O)OCCCCCCOc1ccc(C(=O)Oc2ccc(OC(=O)c3ccc(OCCCCCCOC(=O)C=C)cc3)c(C=NN(CC#N)c3nc4ccccc4s3)c2)cc1. The number of rotatable bonds is 26. The first kappa shape index (κ1) is 46.8. The number of carbonyl (C=O) groups is 4. The third-order valence-electron chi connectivity index (χ3n) is 9.07. The van der Waals surface area contributed by atoms with Crippen LogP contribution in [0.15, 0.2) is 121 Å². The molecule has 0 radical (unpaired) electrons. The lowest BCUT2D eigenvalue weighted by molar-refractivity contribution is -0.138. The lowest BCUT2D eigenvalue weighted by Crippen LogP contribution is -2.17. The van der Waals surface area contributed by atoms with Crippen LogP contribution in [-0.4, -0.2) is 68.0 Å². The number of esters is 4. The van der Waals surface area contributed by atoms with Crippen molar-refractivity contribution in [3.63, 3.8) is 0 Å². The molecule has 5 aromatic rings. The number of thiazole rings is 1. The number of hydrogen-bond acceptors (Lipinski definition) is 15. The number of hydrazone groups is 1. The van der Waals surface area contributed by atoms with Crippen LogP contribution in [0.2, 0.25) is 0 Å². The van der Waals surface area contributed by atoms with E-state index in [2.05, 4.69) is 29.3 Å². The average Bonchev–Trinajstić information content (AvgIpc) is 3.74. The van der Waals surface area contributed by atoms with Crippen molar-refractivity contribution in [1.82, 2.24) is 4.98 Å². The Bertz CT molecular complexity index is 2360. The van der Waals surface area contributed by atoms with Gasteiger partial charge in [-0.1, -0.05) is 36.6 Å². The molecule has 0 N–H and O–H groups in total. The quantitative estimate of drug-likeness (QED) is 0.00978. The number of aromatic nitrogens is 1. The van der Waals surface area contributed by atoms with Gasteiger partial charge in [-0.15, -0.1) is 0 Å². The fourth-order valence-corrected chi connectivity index (χ4v) is 6.69. The average molecular weight is 873 g/mol. The Balaban J connectivity index is 1.21. The summed E-state index contributed by atoms with van der Waals surface area (Å²) in [5, 5.41) is 16.1. The maximum absolute atomic E-state index is 13.4. The summed E-state index contributed by atoms with van der Waals surface area (Å²) in [6.07, 6.45) is 10.4. The van der Waals surface area contributed by atoms with E-state index in [1.54, 1.807) is 48.5 Å². The van der Waals surface area contributed by atoms with Crippen molar-refractivity contribution < 1.29 is 47.6 Å². The largest absolute Gasteiger partial charge is 0.494 e. The first-order valence-electron chi connectivity index (χ1n) is 20.4. The zero-order chi connectivity index (χ0) is 44.7. The van der Waals surface area contributed by atoms with Gasteiger partial charge >= 0.3 is 23.9 Å². The van der Waals surface area contributed by atoms with E-state index >= 15 is 0 Å². The van der Waals surface area contributed by atoms with Crippen molar-refractivity contribution in [3.05, 3.63) is 133 Å². The Kier molecular flexibility index (Phi) is 18.9. The standard InChI is InChI=1S/C48H48N4O10S/c1-3-44(53)59-31-13-7-5-11-29-57-38-21-17-35(18-22-38)46(55)61-40-25-26-42(37(33-40)34-50-52(28-27-49)48-51-41-15-9-10-16-43(41)63-48)62-47(56)36-19-23-39(24-20-36)58-30-12-6-8-14-32-60-45(54)4-2/h3-4,9-10,15-26,33-34H,1-2,5-8,11-14,28-32H2. The molecule has 1 aromatic heterocycles. The number of ether oxygens (including phenoxy) is 6. The minimum Gasteiger partial charge on any atom is -0.494 e. The van der Waals surface area contributed by atoms with Crippen LogP contribution in [0.4, 0.5) is 5.13 Å². The minimum absolute atomic E-state index is 0.115. The van der Waals surface area contributed by atoms with E-state index in [9.17, 15) is 24.4 Å². The zero-order valence-corrected chi connectivity index (χ0v) is 35.6. The van der Waals surface area contributed by atoms with Crippen LogP contribution in [0, 0.1) is 11.3 Å². The van der Waals surface area contributed by atoms with Gasteiger partial charge in [-0.05, 0) is 130 Å². The molecule has 326 valence electrons. The molecule has 1 heterocycles. The zero-order valence-electron chi connectivity index (χ0n) is 34.8. The predicted molar refractivity (Wildman–Crippen MR) is 240 cm³/mol. The van der Waals surface area contributed by atoms with Gasteiger partial charge in [-0.3, -0.25) is 0 Å². The maximum atomic E-state index is 13.4. The maximum Gasteiger partial charge on any atom is 0.343 e. The fraction of sp³-hybridized carbons (Fsp3) is 0.271. The van der Waals surface area contributed by atoms with Gasteiger partial charge in [0.05, 0.1) is 60.1 Å². The summed E-state index contributed by atoms with van der Waals surface area (Å²) in [7, 11) is 0. The second-order valence-corrected chi connectivity index (χ2v) is 14.7. The van der Waals surface area contributed by atoms with Gasteiger partial charge in [0.1, 0.15) is 29.5 Å². The van der Waals surface area contributed by atoms with Crippen molar-refractivity contribution in [3.8, 4) is 29.1 Å². The van der Waals surface area contributed by atoms with Crippen molar-refractivity contribution in [2.24, 2.45) is 5.10 Å². The van der Waals surface area contributed by atoms with E-state index < -0.39 is 23.9 Å². The van der Waals surface area contributed by atoms with Crippen LogP contribution in [0.1, 0.15) is 77.6 Å². The minimum atomic E-state index is -0.646. The van der Waals surface area contributed by atoms with E-state index in [0.29, 0.717) is 43.1 Å².